The molecule has 0 bridgehead atoms. The van der Waals surface area contributed by atoms with Gasteiger partial charge in [0.2, 0.25) is 5.91 Å². The van der Waals surface area contributed by atoms with Crippen LogP contribution in [0.15, 0.2) is 66.0 Å². The molecule has 3 aromatic rings. The van der Waals surface area contributed by atoms with Gasteiger partial charge < -0.3 is 20.5 Å². The number of benzene rings is 2. The molecular weight excluding hydrogens is 464 g/mol. The van der Waals surface area contributed by atoms with Gasteiger partial charge in [-0.1, -0.05) is 67.9 Å². The SMILES string of the molecule is CCC[C@@H](CC(=O)O)NC(=O)C(NC(=O)OCC1c2ccccc2-c2ccccc21)c1cccs1. The molecule has 8 heteroatoms. The molecule has 1 aliphatic rings. The summed E-state index contributed by atoms with van der Waals surface area (Å²) >= 11 is 1.33. The summed E-state index contributed by atoms with van der Waals surface area (Å²) in [5.74, 6) is -1.53. The molecule has 0 saturated heterocycles. The second-order valence-corrected chi connectivity index (χ2v) is 9.49. The average Bonchev–Trinajstić information content (AvgIpc) is 3.48. The van der Waals surface area contributed by atoms with Crippen molar-refractivity contribution in [1.82, 2.24) is 10.6 Å². The first kappa shape index (κ1) is 24.5. The minimum Gasteiger partial charge on any atom is -0.481 e. The van der Waals surface area contributed by atoms with E-state index in [9.17, 15) is 14.4 Å². The lowest BCUT2D eigenvalue weighted by Gasteiger charge is -2.22. The maximum Gasteiger partial charge on any atom is 0.408 e. The molecule has 3 N–H and O–H groups in total. The third-order valence-electron chi connectivity index (χ3n) is 6.10. The Morgan fingerprint density at radius 1 is 0.971 bits per heavy atom. The summed E-state index contributed by atoms with van der Waals surface area (Å²) in [5.41, 5.74) is 4.47. The van der Waals surface area contributed by atoms with Crippen molar-refractivity contribution in [3.8, 4) is 11.1 Å². The Hall–Kier alpha value is -3.65. The Labute approximate surface area is 208 Å². The number of ether oxygens (including phenoxy) is 1. The minimum atomic E-state index is -0.985. The molecule has 1 heterocycles. The van der Waals surface area contributed by atoms with Crippen molar-refractivity contribution in [2.24, 2.45) is 0 Å². The van der Waals surface area contributed by atoms with Crippen LogP contribution in [0.1, 0.15) is 54.1 Å². The van der Waals surface area contributed by atoms with E-state index in [-0.39, 0.29) is 18.9 Å². The highest BCUT2D eigenvalue weighted by molar-refractivity contribution is 7.10. The molecule has 0 radical (unpaired) electrons. The number of carboxylic acids is 1. The van der Waals surface area contributed by atoms with E-state index >= 15 is 0 Å². The molecule has 2 aromatic carbocycles. The molecule has 1 unspecified atom stereocenters. The first-order chi connectivity index (χ1) is 17.0. The van der Waals surface area contributed by atoms with Crippen LogP contribution >= 0.6 is 11.3 Å². The molecule has 35 heavy (non-hydrogen) atoms. The van der Waals surface area contributed by atoms with Crippen LogP contribution in [0.25, 0.3) is 11.1 Å². The third kappa shape index (κ3) is 5.71. The Kier molecular flexibility index (Phi) is 7.82. The Balaban J connectivity index is 1.45. The highest BCUT2D eigenvalue weighted by Crippen LogP contribution is 2.44. The zero-order chi connectivity index (χ0) is 24.8. The Morgan fingerprint density at radius 2 is 1.63 bits per heavy atom. The standard InChI is InChI=1S/C27H28N2O5S/c1-2-8-17(15-24(30)31)28-26(32)25(23-13-7-14-35-23)29-27(33)34-16-22-20-11-5-3-9-18(20)19-10-4-6-12-21(19)22/h3-7,9-14,17,22,25H,2,8,15-16H2,1H3,(H,28,32)(H,29,33)(H,30,31)/t17-,25?/m0/s1. The molecule has 0 spiro atoms. The molecule has 7 nitrogen and oxygen atoms in total. The number of rotatable bonds is 10. The number of nitrogens with one attached hydrogen (secondary N) is 2. The first-order valence-corrected chi connectivity index (χ1v) is 12.5. The van der Waals surface area contributed by atoms with E-state index in [2.05, 4.69) is 22.8 Å². The van der Waals surface area contributed by atoms with Crippen molar-refractivity contribution in [2.75, 3.05) is 6.61 Å². The van der Waals surface area contributed by atoms with Crippen LogP contribution in [-0.2, 0) is 14.3 Å². The largest absolute Gasteiger partial charge is 0.481 e. The number of hydrogen-bond donors (Lipinski definition) is 3. The maximum absolute atomic E-state index is 13.1. The fourth-order valence-electron chi connectivity index (χ4n) is 4.55. The van der Waals surface area contributed by atoms with Crippen molar-refractivity contribution in [2.45, 2.75) is 44.2 Å². The fraction of sp³-hybridized carbons (Fsp3) is 0.296. The predicted molar refractivity (Wildman–Crippen MR) is 134 cm³/mol. The molecule has 0 fully saturated rings. The highest BCUT2D eigenvalue weighted by Gasteiger charge is 2.31. The van der Waals surface area contributed by atoms with E-state index in [0.29, 0.717) is 11.3 Å². The lowest BCUT2D eigenvalue weighted by atomic mass is 9.98. The summed E-state index contributed by atoms with van der Waals surface area (Å²) in [4.78, 5) is 37.7. The van der Waals surface area contributed by atoms with Gasteiger partial charge in [0, 0.05) is 16.8 Å². The monoisotopic (exact) mass is 492 g/mol. The van der Waals surface area contributed by atoms with Gasteiger partial charge >= 0.3 is 12.1 Å². The minimum absolute atomic E-state index is 0.0911. The zero-order valence-corrected chi connectivity index (χ0v) is 20.2. The van der Waals surface area contributed by atoms with Crippen LogP contribution in [-0.4, -0.2) is 35.7 Å². The Bertz CT molecular complexity index is 1150. The van der Waals surface area contributed by atoms with Gasteiger partial charge in [0.05, 0.1) is 6.42 Å². The van der Waals surface area contributed by atoms with Crippen LogP contribution in [0.2, 0.25) is 0 Å². The molecule has 0 saturated carbocycles. The summed E-state index contributed by atoms with van der Waals surface area (Å²) < 4.78 is 5.62. The molecule has 0 aliphatic heterocycles. The number of carboxylic acid groups (broad SMARTS) is 1. The number of aliphatic carboxylic acids is 1. The molecule has 2 amide bonds. The molecular formula is C27H28N2O5S. The topological polar surface area (TPSA) is 105 Å². The zero-order valence-electron chi connectivity index (χ0n) is 19.4. The lowest BCUT2D eigenvalue weighted by Crippen LogP contribution is -2.45. The van der Waals surface area contributed by atoms with Crippen LogP contribution in [0.5, 0.6) is 0 Å². The number of fused-ring (bicyclic) bond motifs is 3. The van der Waals surface area contributed by atoms with Gasteiger partial charge in [0.1, 0.15) is 12.6 Å². The summed E-state index contributed by atoms with van der Waals surface area (Å²) in [6.07, 6.45) is 0.370. The second-order valence-electron chi connectivity index (χ2n) is 8.51. The molecule has 182 valence electrons. The van der Waals surface area contributed by atoms with E-state index in [0.717, 1.165) is 28.7 Å². The third-order valence-corrected chi connectivity index (χ3v) is 7.04. The van der Waals surface area contributed by atoms with Crippen LogP contribution in [0, 0.1) is 0 Å². The first-order valence-electron chi connectivity index (χ1n) is 11.6. The van der Waals surface area contributed by atoms with Gasteiger partial charge in [-0.25, -0.2) is 4.79 Å². The molecule has 1 aliphatic carbocycles. The van der Waals surface area contributed by atoms with Gasteiger partial charge in [-0.2, -0.15) is 0 Å². The normalized spacial score (nSPS) is 13.9. The van der Waals surface area contributed by atoms with E-state index in [1.165, 1.54) is 11.3 Å². The van der Waals surface area contributed by atoms with E-state index in [1.807, 2.05) is 48.7 Å². The van der Waals surface area contributed by atoms with E-state index in [1.54, 1.807) is 12.1 Å². The summed E-state index contributed by atoms with van der Waals surface area (Å²) in [6.45, 7) is 2.06. The Morgan fingerprint density at radius 3 is 2.20 bits per heavy atom. The van der Waals surface area contributed by atoms with Crippen molar-refractivity contribution in [1.29, 1.82) is 0 Å². The van der Waals surface area contributed by atoms with E-state index in [4.69, 9.17) is 9.84 Å². The molecule has 4 rings (SSSR count). The smallest absolute Gasteiger partial charge is 0.408 e. The average molecular weight is 493 g/mol. The number of amides is 2. The van der Waals surface area contributed by atoms with Gasteiger partial charge in [0.15, 0.2) is 0 Å². The van der Waals surface area contributed by atoms with Crippen molar-refractivity contribution in [3.05, 3.63) is 82.0 Å². The van der Waals surface area contributed by atoms with E-state index < -0.39 is 30.1 Å². The lowest BCUT2D eigenvalue weighted by molar-refractivity contribution is -0.137. The van der Waals surface area contributed by atoms with Gasteiger partial charge in [-0.15, -0.1) is 11.3 Å². The fourth-order valence-corrected chi connectivity index (χ4v) is 5.32. The van der Waals surface area contributed by atoms with Gasteiger partial charge in [0.25, 0.3) is 0 Å². The number of hydrogen-bond acceptors (Lipinski definition) is 5. The predicted octanol–water partition coefficient (Wildman–Crippen LogP) is 5.09. The number of carbonyl (C=O) groups is 3. The summed E-state index contributed by atoms with van der Waals surface area (Å²) in [6, 6.07) is 18.2. The molecule has 1 aromatic heterocycles. The summed E-state index contributed by atoms with van der Waals surface area (Å²) in [7, 11) is 0. The number of alkyl carbamates (subject to hydrolysis) is 1. The van der Waals surface area contributed by atoms with Crippen molar-refractivity contribution >= 4 is 29.3 Å². The van der Waals surface area contributed by atoms with Gasteiger partial charge in [-0.3, -0.25) is 9.59 Å². The highest BCUT2D eigenvalue weighted by atomic mass is 32.1. The summed E-state index contributed by atoms with van der Waals surface area (Å²) in [5, 5.41) is 16.4. The maximum atomic E-state index is 13.1. The van der Waals surface area contributed by atoms with Crippen molar-refractivity contribution < 1.29 is 24.2 Å². The van der Waals surface area contributed by atoms with Crippen molar-refractivity contribution in [3.63, 3.8) is 0 Å². The quantitative estimate of drug-likeness (QED) is 0.366. The molecule has 2 atom stereocenters. The van der Waals surface area contributed by atoms with Crippen LogP contribution < -0.4 is 10.6 Å². The van der Waals surface area contributed by atoms with Crippen LogP contribution in [0.4, 0.5) is 4.79 Å². The van der Waals surface area contributed by atoms with Gasteiger partial charge in [-0.05, 0) is 40.1 Å². The number of thiophene rings is 1. The second kappa shape index (κ2) is 11.2. The number of carbonyl (C=O) groups excluding carboxylic acids is 2. The van der Waals surface area contributed by atoms with Crippen LogP contribution in [0.3, 0.4) is 0 Å².